The molecule has 1 aliphatic rings. The van der Waals surface area contributed by atoms with Gasteiger partial charge in [0.15, 0.2) is 5.69 Å². The molecule has 0 radical (unpaired) electrons. The van der Waals surface area contributed by atoms with Crippen LogP contribution in [0.25, 0.3) is 5.69 Å². The number of benzene rings is 1. The lowest BCUT2D eigenvalue weighted by molar-refractivity contribution is -0.141. The number of hydrogen-bond donors (Lipinski definition) is 1. The Bertz CT molecular complexity index is 787. The fourth-order valence-corrected chi connectivity index (χ4v) is 3.38. The van der Waals surface area contributed by atoms with Crippen molar-refractivity contribution in [3.8, 4) is 5.69 Å². The second-order valence-corrected chi connectivity index (χ2v) is 6.67. The number of carbonyl (C=O) groups is 1. The van der Waals surface area contributed by atoms with Gasteiger partial charge in [-0.1, -0.05) is 13.0 Å². The summed E-state index contributed by atoms with van der Waals surface area (Å²) in [5.74, 6) is -0.0891. The highest BCUT2D eigenvalue weighted by Gasteiger charge is 2.33. The van der Waals surface area contributed by atoms with Gasteiger partial charge in [-0.05, 0) is 56.6 Å². The van der Waals surface area contributed by atoms with Crippen LogP contribution in [0.5, 0.6) is 0 Å². The van der Waals surface area contributed by atoms with Gasteiger partial charge in [0.05, 0.1) is 5.69 Å². The van der Waals surface area contributed by atoms with E-state index in [2.05, 4.69) is 10.4 Å². The monoisotopic (exact) mass is 416 g/mol. The lowest BCUT2D eigenvalue weighted by atomic mass is 10.0. The highest BCUT2D eigenvalue weighted by atomic mass is 35.5. The number of alkyl halides is 3. The molecule has 1 aromatic heterocycles. The molecule has 1 aliphatic heterocycles. The van der Waals surface area contributed by atoms with Gasteiger partial charge in [0.25, 0.3) is 5.91 Å². The van der Waals surface area contributed by atoms with Crippen molar-refractivity contribution in [2.75, 3.05) is 19.6 Å². The Morgan fingerprint density at radius 1 is 1.29 bits per heavy atom. The summed E-state index contributed by atoms with van der Waals surface area (Å²) >= 11 is 0. The van der Waals surface area contributed by atoms with Crippen LogP contribution in [0.4, 0.5) is 13.2 Å². The van der Waals surface area contributed by atoms with Crippen LogP contribution >= 0.6 is 12.4 Å². The van der Waals surface area contributed by atoms with Gasteiger partial charge in [-0.25, -0.2) is 4.68 Å². The van der Waals surface area contributed by atoms with Crippen LogP contribution in [-0.2, 0) is 6.18 Å². The Morgan fingerprint density at radius 2 is 2.00 bits per heavy atom. The molecule has 2 aromatic rings. The second-order valence-electron chi connectivity index (χ2n) is 6.67. The molecular formula is C19H24ClF3N4O. The number of amides is 1. The largest absolute Gasteiger partial charge is 0.435 e. The number of piperidine rings is 1. The van der Waals surface area contributed by atoms with E-state index < -0.39 is 11.9 Å². The minimum atomic E-state index is -4.49. The van der Waals surface area contributed by atoms with E-state index in [0.29, 0.717) is 17.8 Å². The van der Waals surface area contributed by atoms with Crippen LogP contribution in [0.15, 0.2) is 36.5 Å². The van der Waals surface area contributed by atoms with Gasteiger partial charge in [0.2, 0.25) is 0 Å². The fraction of sp³-hybridized carbons (Fsp3) is 0.474. The molecule has 1 amide bonds. The summed E-state index contributed by atoms with van der Waals surface area (Å²) in [6, 6.07) is 7.71. The lowest BCUT2D eigenvalue weighted by Crippen LogP contribution is -2.46. The predicted molar refractivity (Wildman–Crippen MR) is 103 cm³/mol. The van der Waals surface area contributed by atoms with Crippen molar-refractivity contribution >= 4 is 18.3 Å². The highest BCUT2D eigenvalue weighted by Crippen LogP contribution is 2.28. The third-order valence-electron chi connectivity index (χ3n) is 4.71. The number of hydrogen-bond acceptors (Lipinski definition) is 3. The Labute approximate surface area is 168 Å². The van der Waals surface area contributed by atoms with Crippen molar-refractivity contribution in [2.24, 2.45) is 0 Å². The number of carbonyl (C=O) groups excluding carboxylic acids is 1. The zero-order valence-electron chi connectivity index (χ0n) is 15.6. The zero-order valence-corrected chi connectivity index (χ0v) is 16.4. The van der Waals surface area contributed by atoms with Gasteiger partial charge in [-0.2, -0.15) is 18.3 Å². The van der Waals surface area contributed by atoms with E-state index in [1.54, 1.807) is 24.3 Å². The van der Waals surface area contributed by atoms with E-state index in [0.717, 1.165) is 43.1 Å². The second kappa shape index (κ2) is 9.43. The van der Waals surface area contributed by atoms with Gasteiger partial charge >= 0.3 is 6.18 Å². The lowest BCUT2D eigenvalue weighted by Gasteiger charge is -2.34. The number of nitrogens with zero attached hydrogens (tertiary/aromatic N) is 3. The van der Waals surface area contributed by atoms with Crippen molar-refractivity contribution < 1.29 is 18.0 Å². The maximum Gasteiger partial charge on any atom is 0.435 e. The number of halogens is 4. The summed E-state index contributed by atoms with van der Waals surface area (Å²) in [7, 11) is 0. The van der Waals surface area contributed by atoms with E-state index in [9.17, 15) is 18.0 Å². The van der Waals surface area contributed by atoms with E-state index >= 15 is 0 Å². The number of nitrogens with one attached hydrogen (secondary N) is 1. The van der Waals surface area contributed by atoms with E-state index in [1.807, 2.05) is 11.8 Å². The Kier molecular flexibility index (Phi) is 7.48. The minimum Gasteiger partial charge on any atom is -0.336 e. The third kappa shape index (κ3) is 5.05. The first-order valence-electron chi connectivity index (χ1n) is 9.15. The quantitative estimate of drug-likeness (QED) is 0.803. The van der Waals surface area contributed by atoms with Gasteiger partial charge in [-0.15, -0.1) is 12.4 Å². The molecule has 9 heteroatoms. The molecule has 5 nitrogen and oxygen atoms in total. The molecule has 0 atom stereocenters. The maximum atomic E-state index is 13.1. The Balaban J connectivity index is 0.00000280. The molecular weight excluding hydrogens is 393 g/mol. The van der Waals surface area contributed by atoms with Gasteiger partial charge < -0.3 is 10.2 Å². The maximum absolute atomic E-state index is 13.1. The minimum absolute atomic E-state index is 0. The molecule has 0 unspecified atom stereocenters. The molecule has 0 aliphatic carbocycles. The topological polar surface area (TPSA) is 50.2 Å². The molecule has 28 heavy (non-hydrogen) atoms. The standard InChI is InChI=1S/C19H23F3N4O.ClH/c1-2-11-25(15-6-9-23-10-7-15)18(27)14-4-3-5-16(13-14)26-12-8-17(24-26)19(20,21)22;/h3-5,8,12-13,15,23H,2,6-7,9-11H2,1H3;1H. The summed E-state index contributed by atoms with van der Waals surface area (Å²) in [5.41, 5.74) is -0.0665. The summed E-state index contributed by atoms with van der Waals surface area (Å²) in [4.78, 5) is 15.0. The molecule has 1 fully saturated rings. The van der Waals surface area contributed by atoms with Crippen LogP contribution in [0.3, 0.4) is 0 Å². The van der Waals surface area contributed by atoms with Crippen molar-refractivity contribution in [3.05, 3.63) is 47.8 Å². The van der Waals surface area contributed by atoms with E-state index in [-0.39, 0.29) is 24.4 Å². The van der Waals surface area contributed by atoms with Crippen LogP contribution in [0.2, 0.25) is 0 Å². The first-order valence-corrected chi connectivity index (χ1v) is 9.15. The van der Waals surface area contributed by atoms with Crippen LogP contribution in [-0.4, -0.2) is 46.3 Å². The molecule has 154 valence electrons. The van der Waals surface area contributed by atoms with Crippen molar-refractivity contribution in [3.63, 3.8) is 0 Å². The third-order valence-corrected chi connectivity index (χ3v) is 4.71. The van der Waals surface area contributed by atoms with E-state index in [1.165, 1.54) is 6.20 Å². The SMILES string of the molecule is CCCN(C(=O)c1cccc(-n2ccc(C(F)(F)F)n2)c1)C1CCNCC1.Cl. The highest BCUT2D eigenvalue weighted by molar-refractivity contribution is 5.95. The van der Waals surface area contributed by atoms with Crippen LogP contribution in [0, 0.1) is 0 Å². The smallest absolute Gasteiger partial charge is 0.336 e. The summed E-state index contributed by atoms with van der Waals surface area (Å²) in [6.07, 6.45) is -0.586. The summed E-state index contributed by atoms with van der Waals surface area (Å²) < 4.78 is 39.5. The predicted octanol–water partition coefficient (Wildman–Crippen LogP) is 3.92. The molecule has 0 spiro atoms. The number of rotatable bonds is 5. The van der Waals surface area contributed by atoms with Crippen molar-refractivity contribution in [1.29, 1.82) is 0 Å². The van der Waals surface area contributed by atoms with E-state index in [4.69, 9.17) is 0 Å². The molecule has 1 aromatic carbocycles. The zero-order chi connectivity index (χ0) is 19.4. The van der Waals surface area contributed by atoms with Crippen molar-refractivity contribution in [1.82, 2.24) is 20.0 Å². The molecule has 1 N–H and O–H groups in total. The Hall–Kier alpha value is -2.06. The van der Waals surface area contributed by atoms with Crippen LogP contribution in [0.1, 0.15) is 42.2 Å². The van der Waals surface area contributed by atoms with Gasteiger partial charge in [0, 0.05) is 24.3 Å². The number of aromatic nitrogens is 2. The molecule has 0 saturated carbocycles. The first-order chi connectivity index (χ1) is 12.9. The fourth-order valence-electron chi connectivity index (χ4n) is 3.38. The normalized spacial score (nSPS) is 15.1. The van der Waals surface area contributed by atoms with Gasteiger partial charge in [-0.3, -0.25) is 4.79 Å². The average Bonchev–Trinajstić information content (AvgIpc) is 3.17. The summed E-state index contributed by atoms with van der Waals surface area (Å²) in [6.45, 7) is 4.45. The van der Waals surface area contributed by atoms with Crippen molar-refractivity contribution in [2.45, 2.75) is 38.4 Å². The van der Waals surface area contributed by atoms with Gasteiger partial charge in [0.1, 0.15) is 0 Å². The molecule has 3 rings (SSSR count). The molecule has 2 heterocycles. The molecule has 0 bridgehead atoms. The van der Waals surface area contributed by atoms with Crippen LogP contribution < -0.4 is 5.32 Å². The average molecular weight is 417 g/mol. The summed E-state index contributed by atoms with van der Waals surface area (Å²) in [5, 5.41) is 6.88. The molecule has 1 saturated heterocycles. The Morgan fingerprint density at radius 3 is 2.61 bits per heavy atom. The first kappa shape index (κ1) is 22.2.